The van der Waals surface area contributed by atoms with E-state index in [1.807, 2.05) is 35.7 Å². The molecule has 0 spiro atoms. The Morgan fingerprint density at radius 1 is 1.28 bits per heavy atom. The van der Waals surface area contributed by atoms with E-state index in [0.717, 1.165) is 17.0 Å². The third-order valence-electron chi connectivity index (χ3n) is 2.81. The Balaban J connectivity index is 1.93. The number of aliphatic hydroxyl groups excluding tert-OH is 1. The number of methoxy groups -OCH3 is 1. The molecule has 96 valence electrons. The zero-order valence-corrected chi connectivity index (χ0v) is 11.7. The summed E-state index contributed by atoms with van der Waals surface area (Å²) in [7, 11) is 1.65. The fraction of sp³-hybridized carbons (Fsp3) is 0.286. The van der Waals surface area contributed by atoms with Gasteiger partial charge in [-0.3, -0.25) is 0 Å². The van der Waals surface area contributed by atoms with Crippen molar-refractivity contribution in [1.82, 2.24) is 0 Å². The third-order valence-corrected chi connectivity index (χ3v) is 4.27. The Labute approximate surface area is 116 Å². The Hall–Kier alpha value is -1.03. The Bertz CT molecular complexity index is 493. The van der Waals surface area contributed by atoms with E-state index in [2.05, 4.69) is 0 Å². The molecule has 1 N–H and O–H groups in total. The molecule has 1 heterocycles. The van der Waals surface area contributed by atoms with E-state index < -0.39 is 6.10 Å². The molecule has 1 unspecified atom stereocenters. The normalized spacial score (nSPS) is 12.4. The Kier molecular flexibility index (Phi) is 4.64. The lowest BCUT2D eigenvalue weighted by Gasteiger charge is -2.09. The van der Waals surface area contributed by atoms with E-state index in [4.69, 9.17) is 16.3 Å². The van der Waals surface area contributed by atoms with Crippen LogP contribution in [0.5, 0.6) is 5.75 Å². The highest BCUT2D eigenvalue weighted by Crippen LogP contribution is 2.31. The SMILES string of the molecule is COc1ccc(CCC(O)c2sccc2Cl)cc1. The maximum absolute atomic E-state index is 10.1. The van der Waals surface area contributed by atoms with Gasteiger partial charge < -0.3 is 9.84 Å². The molecule has 2 nitrogen and oxygen atoms in total. The molecule has 1 aromatic carbocycles. The van der Waals surface area contributed by atoms with Crippen molar-refractivity contribution in [3.05, 3.63) is 51.2 Å². The minimum absolute atomic E-state index is 0.486. The zero-order valence-electron chi connectivity index (χ0n) is 10.1. The molecule has 18 heavy (non-hydrogen) atoms. The van der Waals surface area contributed by atoms with Crippen molar-refractivity contribution in [3.8, 4) is 5.75 Å². The lowest BCUT2D eigenvalue weighted by atomic mass is 10.1. The average molecular weight is 283 g/mol. The van der Waals surface area contributed by atoms with E-state index in [1.54, 1.807) is 7.11 Å². The average Bonchev–Trinajstić information content (AvgIpc) is 2.83. The maximum atomic E-state index is 10.1. The van der Waals surface area contributed by atoms with E-state index in [9.17, 15) is 5.11 Å². The molecule has 0 bridgehead atoms. The van der Waals surface area contributed by atoms with Crippen LogP contribution in [-0.4, -0.2) is 12.2 Å². The molecule has 0 amide bonds. The predicted molar refractivity (Wildman–Crippen MR) is 75.6 cm³/mol. The van der Waals surface area contributed by atoms with Crippen LogP contribution in [0.25, 0.3) is 0 Å². The summed E-state index contributed by atoms with van der Waals surface area (Å²) < 4.78 is 5.10. The highest BCUT2D eigenvalue weighted by molar-refractivity contribution is 7.10. The van der Waals surface area contributed by atoms with Crippen molar-refractivity contribution in [2.24, 2.45) is 0 Å². The van der Waals surface area contributed by atoms with Gasteiger partial charge in [-0.05, 0) is 42.0 Å². The van der Waals surface area contributed by atoms with Crippen LogP contribution >= 0.6 is 22.9 Å². The second kappa shape index (κ2) is 6.23. The minimum Gasteiger partial charge on any atom is -0.497 e. The molecule has 0 saturated heterocycles. The van der Waals surface area contributed by atoms with Gasteiger partial charge >= 0.3 is 0 Å². The van der Waals surface area contributed by atoms with Gasteiger partial charge in [-0.1, -0.05) is 23.7 Å². The molecule has 4 heteroatoms. The first-order valence-electron chi connectivity index (χ1n) is 5.74. The second-order valence-electron chi connectivity index (χ2n) is 4.04. The number of benzene rings is 1. The quantitative estimate of drug-likeness (QED) is 0.895. The van der Waals surface area contributed by atoms with Crippen molar-refractivity contribution in [3.63, 3.8) is 0 Å². The van der Waals surface area contributed by atoms with Crippen LogP contribution in [0.15, 0.2) is 35.7 Å². The van der Waals surface area contributed by atoms with Gasteiger partial charge in [0.15, 0.2) is 0 Å². The molecule has 0 saturated carbocycles. The summed E-state index contributed by atoms with van der Waals surface area (Å²) in [4.78, 5) is 0.852. The molecule has 0 aliphatic rings. The van der Waals surface area contributed by atoms with Gasteiger partial charge in [0.2, 0.25) is 0 Å². The largest absolute Gasteiger partial charge is 0.497 e. The van der Waals surface area contributed by atoms with Crippen LogP contribution in [0.2, 0.25) is 5.02 Å². The first kappa shape index (κ1) is 13.4. The van der Waals surface area contributed by atoms with E-state index in [0.29, 0.717) is 11.4 Å². The Morgan fingerprint density at radius 3 is 2.56 bits per heavy atom. The smallest absolute Gasteiger partial charge is 0.118 e. The number of hydrogen-bond acceptors (Lipinski definition) is 3. The maximum Gasteiger partial charge on any atom is 0.118 e. The van der Waals surface area contributed by atoms with E-state index in [-0.39, 0.29) is 0 Å². The highest BCUT2D eigenvalue weighted by atomic mass is 35.5. The number of rotatable bonds is 5. The first-order valence-corrected chi connectivity index (χ1v) is 7.00. The van der Waals surface area contributed by atoms with Crippen molar-refractivity contribution >= 4 is 22.9 Å². The number of halogens is 1. The summed E-state index contributed by atoms with van der Waals surface area (Å²) in [6, 6.07) is 9.71. The van der Waals surface area contributed by atoms with Crippen LogP contribution in [0.4, 0.5) is 0 Å². The molecule has 0 fully saturated rings. The summed E-state index contributed by atoms with van der Waals surface area (Å²) in [6.45, 7) is 0. The van der Waals surface area contributed by atoms with Crippen molar-refractivity contribution in [1.29, 1.82) is 0 Å². The van der Waals surface area contributed by atoms with Crippen molar-refractivity contribution < 1.29 is 9.84 Å². The molecule has 1 atom stereocenters. The topological polar surface area (TPSA) is 29.5 Å². The van der Waals surface area contributed by atoms with Crippen LogP contribution in [0.3, 0.4) is 0 Å². The van der Waals surface area contributed by atoms with Gasteiger partial charge in [-0.2, -0.15) is 0 Å². The van der Waals surface area contributed by atoms with Crippen LogP contribution < -0.4 is 4.74 Å². The molecule has 2 rings (SSSR count). The standard InChI is InChI=1S/C14H15ClO2S/c1-17-11-5-2-10(3-6-11)4-7-13(16)14-12(15)8-9-18-14/h2-3,5-6,8-9,13,16H,4,7H2,1H3. The number of aryl methyl sites for hydroxylation is 1. The zero-order chi connectivity index (χ0) is 13.0. The van der Waals surface area contributed by atoms with Gasteiger partial charge in [0.05, 0.1) is 23.1 Å². The summed E-state index contributed by atoms with van der Waals surface area (Å²) in [5.74, 6) is 0.848. The number of ether oxygens (including phenoxy) is 1. The molecule has 0 aliphatic carbocycles. The first-order chi connectivity index (χ1) is 8.70. The van der Waals surface area contributed by atoms with Crippen molar-refractivity contribution in [2.75, 3.05) is 7.11 Å². The molecule has 0 aliphatic heterocycles. The van der Waals surface area contributed by atoms with Crippen molar-refractivity contribution in [2.45, 2.75) is 18.9 Å². The fourth-order valence-electron chi connectivity index (χ4n) is 1.77. The molecule has 1 aromatic heterocycles. The fourth-order valence-corrected chi connectivity index (χ4v) is 2.97. The molecular formula is C14H15ClO2S. The minimum atomic E-state index is -0.486. The van der Waals surface area contributed by atoms with Gasteiger partial charge in [0.25, 0.3) is 0 Å². The highest BCUT2D eigenvalue weighted by Gasteiger charge is 2.12. The van der Waals surface area contributed by atoms with E-state index >= 15 is 0 Å². The third kappa shape index (κ3) is 3.25. The predicted octanol–water partition coefficient (Wildman–Crippen LogP) is 4.08. The molecule has 2 aromatic rings. The summed E-state index contributed by atoms with van der Waals surface area (Å²) in [6.07, 6.45) is 1.01. The van der Waals surface area contributed by atoms with Crippen LogP contribution in [0.1, 0.15) is 23.0 Å². The second-order valence-corrected chi connectivity index (χ2v) is 5.39. The van der Waals surface area contributed by atoms with E-state index in [1.165, 1.54) is 16.9 Å². The summed E-state index contributed by atoms with van der Waals surface area (Å²) in [5.41, 5.74) is 1.18. The van der Waals surface area contributed by atoms with Gasteiger partial charge in [0.1, 0.15) is 5.75 Å². The van der Waals surface area contributed by atoms with Gasteiger partial charge in [0, 0.05) is 0 Å². The molecule has 0 radical (unpaired) electrons. The monoisotopic (exact) mass is 282 g/mol. The molecular weight excluding hydrogens is 268 g/mol. The lowest BCUT2D eigenvalue weighted by Crippen LogP contribution is -1.98. The Morgan fingerprint density at radius 2 is 2.00 bits per heavy atom. The number of hydrogen-bond donors (Lipinski definition) is 1. The summed E-state index contributed by atoms with van der Waals surface area (Å²) >= 11 is 7.49. The van der Waals surface area contributed by atoms with Gasteiger partial charge in [-0.15, -0.1) is 11.3 Å². The summed E-state index contributed by atoms with van der Waals surface area (Å²) in [5, 5.41) is 12.6. The van der Waals surface area contributed by atoms with Gasteiger partial charge in [-0.25, -0.2) is 0 Å². The number of thiophene rings is 1. The number of aliphatic hydroxyl groups is 1. The van der Waals surface area contributed by atoms with Crippen LogP contribution in [-0.2, 0) is 6.42 Å². The van der Waals surface area contributed by atoms with Crippen LogP contribution in [0, 0.1) is 0 Å². The lowest BCUT2D eigenvalue weighted by molar-refractivity contribution is 0.171.